The van der Waals surface area contributed by atoms with Crippen molar-refractivity contribution in [2.24, 2.45) is 5.73 Å². The molecular formula is C20H30N4O2. The average molecular weight is 358 g/mol. The van der Waals surface area contributed by atoms with E-state index in [-0.39, 0.29) is 11.9 Å². The monoisotopic (exact) mass is 358 g/mol. The third-order valence-electron chi connectivity index (χ3n) is 4.33. The second-order valence-corrected chi connectivity index (χ2v) is 6.94. The Morgan fingerprint density at radius 2 is 1.88 bits per heavy atom. The molecule has 0 aliphatic carbocycles. The summed E-state index contributed by atoms with van der Waals surface area (Å²) in [7, 11) is 0. The van der Waals surface area contributed by atoms with Gasteiger partial charge in [0.1, 0.15) is 0 Å². The maximum absolute atomic E-state index is 12.0. The highest BCUT2D eigenvalue weighted by Crippen LogP contribution is 2.17. The fraction of sp³-hybridized carbons (Fsp3) is 0.550. The smallest absolute Gasteiger partial charge is 0.226 e. The van der Waals surface area contributed by atoms with Crippen LogP contribution in [0, 0.1) is 0 Å². The predicted molar refractivity (Wildman–Crippen MR) is 102 cm³/mol. The zero-order valence-electron chi connectivity index (χ0n) is 16.0. The molecule has 0 fully saturated rings. The van der Waals surface area contributed by atoms with E-state index in [1.165, 1.54) is 5.56 Å². The van der Waals surface area contributed by atoms with Crippen LogP contribution in [-0.4, -0.2) is 22.6 Å². The highest BCUT2D eigenvalue weighted by molar-refractivity contribution is 5.75. The van der Waals surface area contributed by atoms with E-state index < -0.39 is 0 Å². The third-order valence-corrected chi connectivity index (χ3v) is 4.33. The lowest BCUT2D eigenvalue weighted by molar-refractivity contribution is -0.121. The summed E-state index contributed by atoms with van der Waals surface area (Å²) < 4.78 is 5.17. The molecule has 0 saturated carbocycles. The molecular weight excluding hydrogens is 328 g/mol. The molecule has 6 nitrogen and oxygen atoms in total. The van der Waals surface area contributed by atoms with Gasteiger partial charge in [-0.15, -0.1) is 0 Å². The minimum atomic E-state index is -0.201. The van der Waals surface area contributed by atoms with Crippen LogP contribution in [0.15, 0.2) is 28.8 Å². The summed E-state index contributed by atoms with van der Waals surface area (Å²) in [5.41, 5.74) is 8.49. The Hall–Kier alpha value is -2.21. The molecule has 1 heterocycles. The minimum Gasteiger partial charge on any atom is -0.354 e. The number of nitrogens with zero attached hydrogens (tertiary/aromatic N) is 2. The molecule has 2 rings (SSSR count). The van der Waals surface area contributed by atoms with E-state index in [0.29, 0.717) is 37.6 Å². The molecule has 0 aliphatic heterocycles. The van der Waals surface area contributed by atoms with Crippen molar-refractivity contribution in [2.45, 2.75) is 64.8 Å². The highest BCUT2D eigenvalue weighted by atomic mass is 16.5. The maximum atomic E-state index is 12.0. The molecule has 1 aromatic heterocycles. The zero-order valence-corrected chi connectivity index (χ0v) is 16.0. The quantitative estimate of drug-likeness (QED) is 0.680. The van der Waals surface area contributed by atoms with Crippen LogP contribution in [0.4, 0.5) is 0 Å². The topological polar surface area (TPSA) is 94.0 Å². The van der Waals surface area contributed by atoms with Crippen LogP contribution in [0.25, 0.3) is 0 Å². The number of carbonyl (C=O) groups excluding carboxylic acids is 1. The van der Waals surface area contributed by atoms with Crippen molar-refractivity contribution in [2.75, 3.05) is 6.54 Å². The van der Waals surface area contributed by atoms with Crippen LogP contribution in [0.5, 0.6) is 0 Å². The number of nitrogens with two attached hydrogens (primary N) is 1. The predicted octanol–water partition coefficient (Wildman–Crippen LogP) is 3.28. The van der Waals surface area contributed by atoms with Crippen LogP contribution in [0.1, 0.15) is 74.8 Å². The molecule has 6 heteroatoms. The van der Waals surface area contributed by atoms with Crippen molar-refractivity contribution in [3.63, 3.8) is 0 Å². The summed E-state index contributed by atoms with van der Waals surface area (Å²) >= 11 is 0. The molecule has 1 atom stereocenters. The Morgan fingerprint density at radius 1 is 1.19 bits per heavy atom. The number of aryl methyl sites for hydroxylation is 2. The fourth-order valence-corrected chi connectivity index (χ4v) is 2.68. The van der Waals surface area contributed by atoms with Crippen molar-refractivity contribution in [3.05, 3.63) is 47.1 Å². The Labute approximate surface area is 155 Å². The first-order chi connectivity index (χ1) is 12.5. The van der Waals surface area contributed by atoms with E-state index in [1.54, 1.807) is 0 Å². The summed E-state index contributed by atoms with van der Waals surface area (Å²) in [6, 6.07) is 8.07. The Kier molecular flexibility index (Phi) is 7.78. The van der Waals surface area contributed by atoms with Crippen LogP contribution >= 0.6 is 0 Å². The van der Waals surface area contributed by atoms with Crippen LogP contribution in [0.2, 0.25) is 0 Å². The second-order valence-electron chi connectivity index (χ2n) is 6.94. The molecule has 0 bridgehead atoms. The summed E-state index contributed by atoms with van der Waals surface area (Å²) in [5, 5.41) is 6.81. The molecule has 142 valence electrons. The number of nitrogens with one attached hydrogen (secondary N) is 1. The van der Waals surface area contributed by atoms with E-state index in [0.717, 1.165) is 24.2 Å². The van der Waals surface area contributed by atoms with Gasteiger partial charge < -0.3 is 15.6 Å². The Morgan fingerprint density at radius 3 is 2.54 bits per heavy atom. The van der Waals surface area contributed by atoms with Gasteiger partial charge in [0.15, 0.2) is 5.82 Å². The summed E-state index contributed by atoms with van der Waals surface area (Å²) in [6.45, 7) is 6.83. The first kappa shape index (κ1) is 20.1. The van der Waals surface area contributed by atoms with Gasteiger partial charge in [-0.1, -0.05) is 50.2 Å². The van der Waals surface area contributed by atoms with Crippen LogP contribution in [-0.2, 0) is 17.6 Å². The van der Waals surface area contributed by atoms with E-state index in [1.807, 2.05) is 12.1 Å². The van der Waals surface area contributed by atoms with E-state index in [4.69, 9.17) is 10.3 Å². The second kappa shape index (κ2) is 10.1. The molecule has 2 aromatic rings. The summed E-state index contributed by atoms with van der Waals surface area (Å²) in [4.78, 5) is 16.3. The largest absolute Gasteiger partial charge is 0.354 e. The Bertz CT molecular complexity index is 679. The van der Waals surface area contributed by atoms with Gasteiger partial charge >= 0.3 is 0 Å². The molecule has 1 unspecified atom stereocenters. The van der Waals surface area contributed by atoms with Crippen molar-refractivity contribution >= 4 is 5.91 Å². The zero-order chi connectivity index (χ0) is 18.9. The van der Waals surface area contributed by atoms with Gasteiger partial charge in [0.25, 0.3) is 0 Å². The number of rotatable bonds is 10. The van der Waals surface area contributed by atoms with Crippen molar-refractivity contribution < 1.29 is 9.32 Å². The molecule has 0 radical (unpaired) electrons. The Balaban J connectivity index is 1.68. The lowest BCUT2D eigenvalue weighted by atomic mass is 9.99. The van der Waals surface area contributed by atoms with Gasteiger partial charge in [-0.25, -0.2) is 0 Å². The van der Waals surface area contributed by atoms with Crippen LogP contribution in [0.3, 0.4) is 0 Å². The number of carbonyl (C=O) groups is 1. The minimum absolute atomic E-state index is 0.00690. The highest BCUT2D eigenvalue weighted by Gasteiger charge is 2.10. The number of hydrogen-bond donors (Lipinski definition) is 2. The van der Waals surface area contributed by atoms with Gasteiger partial charge in [0, 0.05) is 31.8 Å². The van der Waals surface area contributed by atoms with Crippen molar-refractivity contribution in [1.29, 1.82) is 0 Å². The van der Waals surface area contributed by atoms with Gasteiger partial charge in [-0.3, -0.25) is 4.79 Å². The molecule has 0 spiro atoms. The molecule has 3 N–H and O–H groups in total. The third kappa shape index (κ3) is 6.26. The maximum Gasteiger partial charge on any atom is 0.226 e. The molecule has 1 aromatic carbocycles. The van der Waals surface area contributed by atoms with E-state index in [9.17, 15) is 4.79 Å². The van der Waals surface area contributed by atoms with Crippen LogP contribution < -0.4 is 11.1 Å². The lowest BCUT2D eigenvalue weighted by Crippen LogP contribution is -2.31. The van der Waals surface area contributed by atoms with Gasteiger partial charge in [-0.2, -0.15) is 4.98 Å². The number of aromatic nitrogens is 2. The van der Waals surface area contributed by atoms with E-state index >= 15 is 0 Å². The number of amides is 1. The molecule has 0 aliphatic rings. The summed E-state index contributed by atoms with van der Waals surface area (Å²) in [6.07, 6.45) is 3.52. The van der Waals surface area contributed by atoms with Crippen molar-refractivity contribution in [3.8, 4) is 0 Å². The van der Waals surface area contributed by atoms with Gasteiger partial charge in [0.05, 0.1) is 0 Å². The van der Waals surface area contributed by atoms with Gasteiger partial charge in [-0.05, 0) is 29.9 Å². The number of hydrogen-bond acceptors (Lipinski definition) is 5. The SMILES string of the molecule is CCCc1noc(CCCC(=O)NCC(N)c2ccc(C(C)C)cc2)n1. The van der Waals surface area contributed by atoms with Crippen molar-refractivity contribution in [1.82, 2.24) is 15.5 Å². The molecule has 0 saturated heterocycles. The standard InChI is InChI=1S/C20H30N4O2/c1-4-6-18-23-20(26-24-18)8-5-7-19(25)22-13-17(21)16-11-9-15(10-12-16)14(2)3/h9-12,14,17H,4-8,13,21H2,1-3H3,(H,22,25). The number of benzene rings is 1. The molecule has 1 amide bonds. The fourth-order valence-electron chi connectivity index (χ4n) is 2.68. The van der Waals surface area contributed by atoms with Gasteiger partial charge in [0.2, 0.25) is 11.8 Å². The normalized spacial score (nSPS) is 12.3. The lowest BCUT2D eigenvalue weighted by Gasteiger charge is -2.14. The summed E-state index contributed by atoms with van der Waals surface area (Å²) in [5.74, 6) is 1.83. The average Bonchev–Trinajstić information content (AvgIpc) is 3.07. The van der Waals surface area contributed by atoms with E-state index in [2.05, 4.69) is 48.4 Å². The first-order valence-electron chi connectivity index (χ1n) is 9.43. The molecule has 26 heavy (non-hydrogen) atoms. The first-order valence-corrected chi connectivity index (χ1v) is 9.43.